The lowest BCUT2D eigenvalue weighted by Crippen LogP contribution is -2.15. The molecule has 1 N–H and O–H groups in total. The number of fused-ring (bicyclic) bond motifs is 1. The zero-order chi connectivity index (χ0) is 12.6. The molecule has 0 amide bonds. The quantitative estimate of drug-likeness (QED) is 0.786. The van der Waals surface area contributed by atoms with Crippen molar-refractivity contribution in [2.24, 2.45) is 0 Å². The molecular weight excluding hydrogens is 226 g/mol. The van der Waals surface area contributed by atoms with Crippen LogP contribution in [0, 0.1) is 0 Å². The molecule has 0 fully saturated rings. The van der Waals surface area contributed by atoms with E-state index in [1.54, 1.807) is 0 Å². The first kappa shape index (κ1) is 13.2. The van der Waals surface area contributed by atoms with Crippen LogP contribution >= 0.6 is 0 Å². The maximum Gasteiger partial charge on any atom is 0.165 e. The monoisotopic (exact) mass is 249 g/mol. The smallest absolute Gasteiger partial charge is 0.165 e. The van der Waals surface area contributed by atoms with Gasteiger partial charge in [0.1, 0.15) is 0 Å². The molecule has 0 saturated carbocycles. The highest BCUT2D eigenvalue weighted by molar-refractivity contribution is 5.46. The van der Waals surface area contributed by atoms with Gasteiger partial charge >= 0.3 is 0 Å². The second-order valence-electron chi connectivity index (χ2n) is 4.68. The van der Waals surface area contributed by atoms with E-state index in [1.807, 2.05) is 12.1 Å². The third-order valence-electron chi connectivity index (χ3n) is 3.13. The van der Waals surface area contributed by atoms with Crippen LogP contribution in [0.3, 0.4) is 0 Å². The molecule has 1 aromatic carbocycles. The second-order valence-corrected chi connectivity index (χ2v) is 4.68. The van der Waals surface area contributed by atoms with Gasteiger partial charge in [-0.25, -0.2) is 0 Å². The Morgan fingerprint density at radius 3 is 2.94 bits per heavy atom. The van der Waals surface area contributed by atoms with Crippen LogP contribution in [0.15, 0.2) is 18.2 Å². The van der Waals surface area contributed by atoms with Gasteiger partial charge in [0, 0.05) is 18.5 Å². The van der Waals surface area contributed by atoms with Crippen molar-refractivity contribution in [1.29, 1.82) is 0 Å². The minimum absolute atomic E-state index is 0.750. The average molecular weight is 249 g/mol. The summed E-state index contributed by atoms with van der Waals surface area (Å²) in [5.41, 5.74) is 1.20. The minimum Gasteiger partial charge on any atom is -0.490 e. The molecule has 1 aliphatic rings. The molecule has 0 spiro atoms. The van der Waals surface area contributed by atoms with E-state index in [2.05, 4.69) is 18.3 Å². The van der Waals surface area contributed by atoms with Crippen LogP contribution in [0.1, 0.15) is 38.2 Å². The Bertz CT molecular complexity index is 366. The number of rotatable bonds is 6. The van der Waals surface area contributed by atoms with Gasteiger partial charge < -0.3 is 14.8 Å². The Morgan fingerprint density at radius 1 is 1.17 bits per heavy atom. The maximum atomic E-state index is 5.79. The lowest BCUT2D eigenvalue weighted by molar-refractivity contribution is 0.296. The molecule has 1 aromatic rings. The third-order valence-corrected chi connectivity index (χ3v) is 3.13. The molecule has 3 nitrogen and oxygen atoms in total. The van der Waals surface area contributed by atoms with Gasteiger partial charge in [-0.3, -0.25) is 0 Å². The van der Waals surface area contributed by atoms with Gasteiger partial charge in [-0.05, 0) is 19.0 Å². The van der Waals surface area contributed by atoms with Crippen molar-refractivity contribution >= 4 is 0 Å². The van der Waals surface area contributed by atoms with Crippen molar-refractivity contribution in [2.75, 3.05) is 19.8 Å². The number of unbranched alkanes of at least 4 members (excludes halogenated alkanes) is 2. The van der Waals surface area contributed by atoms with E-state index in [-0.39, 0.29) is 0 Å². The van der Waals surface area contributed by atoms with Gasteiger partial charge in [0.25, 0.3) is 0 Å². The first-order valence-corrected chi connectivity index (χ1v) is 7.00. The van der Waals surface area contributed by atoms with Crippen molar-refractivity contribution in [2.45, 2.75) is 39.2 Å². The van der Waals surface area contributed by atoms with Crippen LogP contribution in [0.2, 0.25) is 0 Å². The maximum absolute atomic E-state index is 5.79. The minimum atomic E-state index is 0.750. The van der Waals surface area contributed by atoms with Crippen LogP contribution in [0.5, 0.6) is 11.5 Å². The summed E-state index contributed by atoms with van der Waals surface area (Å²) < 4.78 is 11.5. The zero-order valence-electron chi connectivity index (χ0n) is 11.2. The van der Waals surface area contributed by atoms with Crippen LogP contribution in [0.25, 0.3) is 0 Å². The molecule has 1 heterocycles. The van der Waals surface area contributed by atoms with Crippen LogP contribution in [-0.4, -0.2) is 19.8 Å². The Labute approximate surface area is 109 Å². The SMILES string of the molecule is CCCCCNCc1cccc2c1OCCCO2. The van der Waals surface area contributed by atoms with Crippen LogP contribution < -0.4 is 14.8 Å². The Hall–Kier alpha value is -1.22. The van der Waals surface area contributed by atoms with Gasteiger partial charge in [0.15, 0.2) is 11.5 Å². The fraction of sp³-hybridized carbons (Fsp3) is 0.600. The van der Waals surface area contributed by atoms with Gasteiger partial charge in [-0.2, -0.15) is 0 Å². The molecule has 3 heteroatoms. The van der Waals surface area contributed by atoms with Crippen LogP contribution in [-0.2, 0) is 6.54 Å². The summed E-state index contributed by atoms with van der Waals surface area (Å²) in [5.74, 6) is 1.82. The predicted octanol–water partition coefficient (Wildman–Crippen LogP) is 3.13. The lowest BCUT2D eigenvalue weighted by atomic mass is 10.1. The number of ether oxygens (including phenoxy) is 2. The lowest BCUT2D eigenvalue weighted by Gasteiger charge is -2.12. The van der Waals surface area contributed by atoms with E-state index in [1.165, 1.54) is 24.8 Å². The molecule has 0 bridgehead atoms. The molecule has 2 rings (SSSR count). The fourth-order valence-corrected chi connectivity index (χ4v) is 2.12. The van der Waals surface area contributed by atoms with E-state index >= 15 is 0 Å². The Kier molecular flexibility index (Phi) is 5.34. The molecule has 1 aliphatic heterocycles. The molecule has 18 heavy (non-hydrogen) atoms. The highest BCUT2D eigenvalue weighted by atomic mass is 16.5. The average Bonchev–Trinajstić information content (AvgIpc) is 2.64. The highest BCUT2D eigenvalue weighted by Crippen LogP contribution is 2.33. The molecule has 0 radical (unpaired) electrons. The molecule has 0 aromatic heterocycles. The summed E-state index contributed by atoms with van der Waals surface area (Å²) in [6.45, 7) is 5.65. The Balaban J connectivity index is 1.91. The van der Waals surface area contributed by atoms with Crippen molar-refractivity contribution in [3.63, 3.8) is 0 Å². The van der Waals surface area contributed by atoms with Crippen LogP contribution in [0.4, 0.5) is 0 Å². The third kappa shape index (κ3) is 3.64. The predicted molar refractivity (Wildman–Crippen MR) is 73.3 cm³/mol. The standard InChI is InChI=1S/C15H23NO2/c1-2-3-4-9-16-12-13-7-5-8-14-15(13)18-11-6-10-17-14/h5,7-8,16H,2-4,6,9-12H2,1H3. The van der Waals surface area contributed by atoms with E-state index in [0.29, 0.717) is 0 Å². The van der Waals surface area contributed by atoms with E-state index < -0.39 is 0 Å². The topological polar surface area (TPSA) is 30.5 Å². The summed E-state index contributed by atoms with van der Waals surface area (Å²) in [6, 6.07) is 6.14. The van der Waals surface area contributed by atoms with Gasteiger partial charge in [0.05, 0.1) is 13.2 Å². The van der Waals surface area contributed by atoms with E-state index in [9.17, 15) is 0 Å². The van der Waals surface area contributed by atoms with Crippen molar-refractivity contribution in [3.05, 3.63) is 23.8 Å². The number of hydrogen-bond acceptors (Lipinski definition) is 3. The number of nitrogens with one attached hydrogen (secondary N) is 1. The summed E-state index contributed by atoms with van der Waals surface area (Å²) >= 11 is 0. The van der Waals surface area contributed by atoms with Gasteiger partial charge in [-0.1, -0.05) is 31.9 Å². The first-order chi connectivity index (χ1) is 8.92. The van der Waals surface area contributed by atoms with Crippen molar-refractivity contribution in [3.8, 4) is 11.5 Å². The molecule has 0 atom stereocenters. The second kappa shape index (κ2) is 7.27. The molecule has 0 unspecified atom stereocenters. The van der Waals surface area contributed by atoms with Crippen molar-refractivity contribution in [1.82, 2.24) is 5.32 Å². The van der Waals surface area contributed by atoms with Gasteiger partial charge in [0.2, 0.25) is 0 Å². The fourth-order valence-electron chi connectivity index (χ4n) is 2.12. The summed E-state index contributed by atoms with van der Waals surface area (Å²) in [4.78, 5) is 0. The zero-order valence-corrected chi connectivity index (χ0v) is 11.2. The molecular formula is C15H23NO2. The first-order valence-electron chi connectivity index (χ1n) is 7.00. The summed E-state index contributed by atoms with van der Waals surface area (Å²) in [7, 11) is 0. The number of hydrogen-bond donors (Lipinski definition) is 1. The van der Waals surface area contributed by atoms with E-state index in [0.717, 1.165) is 44.2 Å². The summed E-state index contributed by atoms with van der Waals surface area (Å²) in [6.07, 6.45) is 4.75. The molecule has 0 aliphatic carbocycles. The number of para-hydroxylation sites is 1. The molecule has 100 valence electrons. The normalized spacial score (nSPS) is 14.3. The van der Waals surface area contributed by atoms with Crippen molar-refractivity contribution < 1.29 is 9.47 Å². The summed E-state index contributed by atoms with van der Waals surface area (Å²) in [5, 5.41) is 3.47. The number of benzene rings is 1. The van der Waals surface area contributed by atoms with Gasteiger partial charge in [-0.15, -0.1) is 0 Å². The largest absolute Gasteiger partial charge is 0.490 e. The highest BCUT2D eigenvalue weighted by Gasteiger charge is 2.13. The molecule has 0 saturated heterocycles. The van der Waals surface area contributed by atoms with E-state index in [4.69, 9.17) is 9.47 Å². The Morgan fingerprint density at radius 2 is 2.06 bits per heavy atom.